The summed E-state index contributed by atoms with van der Waals surface area (Å²) in [4.78, 5) is 12.9. The molecule has 1 amide bonds. The van der Waals surface area contributed by atoms with Gasteiger partial charge in [0.05, 0.1) is 17.9 Å². The van der Waals surface area contributed by atoms with Gasteiger partial charge < -0.3 is 10.1 Å². The molecule has 1 unspecified atom stereocenters. The molecule has 7 heteroatoms. The van der Waals surface area contributed by atoms with Crippen molar-refractivity contribution in [2.75, 3.05) is 20.2 Å². The van der Waals surface area contributed by atoms with Gasteiger partial charge in [0.25, 0.3) is 0 Å². The van der Waals surface area contributed by atoms with Gasteiger partial charge in [-0.1, -0.05) is 35.9 Å². The Bertz CT molecular complexity index is 926. The van der Waals surface area contributed by atoms with Gasteiger partial charge in [-0.3, -0.25) is 4.79 Å². The summed E-state index contributed by atoms with van der Waals surface area (Å²) in [6.07, 6.45) is 1.34. The average Bonchev–Trinajstić information content (AvgIpc) is 2.72. The van der Waals surface area contributed by atoms with Gasteiger partial charge in [0.2, 0.25) is 15.9 Å². The van der Waals surface area contributed by atoms with Crippen LogP contribution in [0, 0.1) is 12.8 Å². The highest BCUT2D eigenvalue weighted by molar-refractivity contribution is 7.89. The number of nitrogens with zero attached hydrogens (tertiary/aromatic N) is 1. The van der Waals surface area contributed by atoms with Gasteiger partial charge in [-0.25, -0.2) is 8.42 Å². The Balaban J connectivity index is 1.65. The fourth-order valence-corrected chi connectivity index (χ4v) is 4.93. The first-order valence-corrected chi connectivity index (χ1v) is 10.8. The van der Waals surface area contributed by atoms with E-state index in [9.17, 15) is 13.2 Å². The number of nitrogens with one attached hydrogen (secondary N) is 1. The van der Waals surface area contributed by atoms with Crippen molar-refractivity contribution in [3.63, 3.8) is 0 Å². The highest BCUT2D eigenvalue weighted by atomic mass is 32.2. The van der Waals surface area contributed by atoms with Crippen LogP contribution in [0.4, 0.5) is 0 Å². The van der Waals surface area contributed by atoms with Crippen LogP contribution in [0.3, 0.4) is 0 Å². The van der Waals surface area contributed by atoms with Crippen LogP contribution in [0.25, 0.3) is 0 Å². The summed E-state index contributed by atoms with van der Waals surface area (Å²) in [6, 6.07) is 14.3. The van der Waals surface area contributed by atoms with Crippen molar-refractivity contribution in [2.24, 2.45) is 5.92 Å². The van der Waals surface area contributed by atoms with E-state index < -0.39 is 10.0 Å². The number of hydrogen-bond donors (Lipinski definition) is 1. The number of aryl methyl sites for hydroxylation is 1. The molecule has 1 atom stereocenters. The van der Waals surface area contributed by atoms with Crippen molar-refractivity contribution in [3.05, 3.63) is 59.7 Å². The monoisotopic (exact) mass is 402 g/mol. The number of ether oxygens (including phenoxy) is 1. The summed E-state index contributed by atoms with van der Waals surface area (Å²) < 4.78 is 32.5. The third kappa shape index (κ3) is 4.54. The molecule has 0 bridgehead atoms. The summed E-state index contributed by atoms with van der Waals surface area (Å²) in [5, 5.41) is 2.92. The average molecular weight is 403 g/mol. The number of carbonyl (C=O) groups is 1. The van der Waals surface area contributed by atoms with Crippen molar-refractivity contribution in [3.8, 4) is 5.75 Å². The molecule has 0 radical (unpaired) electrons. The molecule has 1 heterocycles. The van der Waals surface area contributed by atoms with Crippen LogP contribution in [0.5, 0.6) is 5.75 Å². The summed E-state index contributed by atoms with van der Waals surface area (Å²) in [5.74, 6) is 0.230. The molecule has 1 aliphatic rings. The number of amides is 1. The highest BCUT2D eigenvalue weighted by Crippen LogP contribution is 2.24. The van der Waals surface area contributed by atoms with E-state index >= 15 is 0 Å². The molecular weight excluding hydrogens is 376 g/mol. The second kappa shape index (κ2) is 8.75. The molecule has 3 rings (SSSR count). The predicted molar refractivity (Wildman–Crippen MR) is 108 cm³/mol. The lowest BCUT2D eigenvalue weighted by Crippen LogP contribution is -2.45. The molecule has 150 valence electrons. The molecule has 2 aromatic rings. The second-order valence-electron chi connectivity index (χ2n) is 7.04. The third-order valence-corrected chi connectivity index (χ3v) is 6.94. The minimum absolute atomic E-state index is 0.130. The summed E-state index contributed by atoms with van der Waals surface area (Å²) in [6.45, 7) is 2.91. The Hall–Kier alpha value is -2.38. The Morgan fingerprint density at radius 1 is 1.18 bits per heavy atom. The van der Waals surface area contributed by atoms with Crippen molar-refractivity contribution < 1.29 is 17.9 Å². The van der Waals surface area contributed by atoms with Crippen LogP contribution in [-0.2, 0) is 21.4 Å². The molecule has 1 fully saturated rings. The van der Waals surface area contributed by atoms with E-state index in [1.807, 2.05) is 31.2 Å². The van der Waals surface area contributed by atoms with Gasteiger partial charge in [0.15, 0.2) is 0 Å². The summed E-state index contributed by atoms with van der Waals surface area (Å²) in [7, 11) is -2.00. The number of rotatable bonds is 6. The lowest BCUT2D eigenvalue weighted by atomic mass is 9.98. The van der Waals surface area contributed by atoms with Crippen LogP contribution < -0.4 is 10.1 Å². The smallest absolute Gasteiger partial charge is 0.243 e. The van der Waals surface area contributed by atoms with E-state index in [0.29, 0.717) is 25.9 Å². The highest BCUT2D eigenvalue weighted by Gasteiger charge is 2.33. The summed E-state index contributed by atoms with van der Waals surface area (Å²) in [5.41, 5.74) is 1.89. The normalized spacial score (nSPS) is 17.9. The molecule has 0 saturated carbocycles. The Morgan fingerprint density at radius 2 is 1.89 bits per heavy atom. The Morgan fingerprint density at radius 3 is 2.61 bits per heavy atom. The first-order valence-electron chi connectivity index (χ1n) is 9.38. The van der Waals surface area contributed by atoms with E-state index in [-0.39, 0.29) is 23.3 Å². The van der Waals surface area contributed by atoms with Gasteiger partial charge in [0, 0.05) is 25.2 Å². The number of sulfonamides is 1. The van der Waals surface area contributed by atoms with Gasteiger partial charge in [0.1, 0.15) is 5.75 Å². The second-order valence-corrected chi connectivity index (χ2v) is 8.98. The molecule has 2 aromatic carbocycles. The van der Waals surface area contributed by atoms with Crippen molar-refractivity contribution in [2.45, 2.75) is 31.2 Å². The quantitative estimate of drug-likeness (QED) is 0.806. The molecule has 1 N–H and O–H groups in total. The van der Waals surface area contributed by atoms with Gasteiger partial charge in [-0.05, 0) is 38.0 Å². The van der Waals surface area contributed by atoms with Gasteiger partial charge >= 0.3 is 0 Å². The molecule has 1 aliphatic heterocycles. The van der Waals surface area contributed by atoms with Gasteiger partial charge in [-0.2, -0.15) is 4.31 Å². The lowest BCUT2D eigenvalue weighted by Gasteiger charge is -2.31. The maximum absolute atomic E-state index is 12.9. The van der Waals surface area contributed by atoms with Crippen LogP contribution in [0.15, 0.2) is 53.4 Å². The number of methoxy groups -OCH3 is 1. The van der Waals surface area contributed by atoms with Gasteiger partial charge in [-0.15, -0.1) is 0 Å². The van der Waals surface area contributed by atoms with Crippen LogP contribution >= 0.6 is 0 Å². The van der Waals surface area contributed by atoms with Crippen LogP contribution in [0.1, 0.15) is 24.0 Å². The fraction of sp³-hybridized carbons (Fsp3) is 0.381. The molecule has 0 spiro atoms. The SMILES string of the molecule is COc1ccccc1CNC(=O)C1CCCN(S(=O)(=O)c2ccc(C)cc2)C1. The standard InChI is InChI=1S/C21H26N2O4S/c1-16-9-11-19(12-10-16)28(25,26)23-13-5-7-18(15-23)21(24)22-14-17-6-3-4-8-20(17)27-2/h3-4,6,8-12,18H,5,7,13-15H2,1-2H3,(H,22,24). The van der Waals surface area contributed by atoms with Crippen LogP contribution in [-0.4, -0.2) is 38.8 Å². The molecule has 1 saturated heterocycles. The molecule has 6 nitrogen and oxygen atoms in total. The number of hydrogen-bond acceptors (Lipinski definition) is 4. The number of para-hydroxylation sites is 1. The van der Waals surface area contributed by atoms with E-state index in [0.717, 1.165) is 16.9 Å². The van der Waals surface area contributed by atoms with Crippen LogP contribution in [0.2, 0.25) is 0 Å². The topological polar surface area (TPSA) is 75.7 Å². The summed E-state index contributed by atoms with van der Waals surface area (Å²) >= 11 is 0. The van der Waals surface area contributed by atoms with E-state index in [1.54, 1.807) is 31.4 Å². The fourth-order valence-electron chi connectivity index (χ4n) is 3.41. The zero-order valence-electron chi connectivity index (χ0n) is 16.2. The van der Waals surface area contributed by atoms with Crippen molar-refractivity contribution in [1.29, 1.82) is 0 Å². The van der Waals surface area contributed by atoms with E-state index in [2.05, 4.69) is 5.32 Å². The molecule has 0 aromatic heterocycles. The van der Waals surface area contributed by atoms with Crippen molar-refractivity contribution in [1.82, 2.24) is 9.62 Å². The Kier molecular flexibility index (Phi) is 6.36. The minimum Gasteiger partial charge on any atom is -0.496 e. The minimum atomic E-state index is -3.59. The zero-order chi connectivity index (χ0) is 20.1. The molecule has 0 aliphatic carbocycles. The number of piperidine rings is 1. The first kappa shape index (κ1) is 20.4. The molecular formula is C21H26N2O4S. The molecule has 28 heavy (non-hydrogen) atoms. The maximum atomic E-state index is 12.9. The van der Waals surface area contributed by atoms with E-state index in [4.69, 9.17) is 4.74 Å². The maximum Gasteiger partial charge on any atom is 0.243 e. The lowest BCUT2D eigenvalue weighted by molar-refractivity contribution is -0.126. The number of benzene rings is 2. The van der Waals surface area contributed by atoms with E-state index in [1.165, 1.54) is 4.31 Å². The zero-order valence-corrected chi connectivity index (χ0v) is 17.0. The first-order chi connectivity index (χ1) is 13.4. The number of carbonyl (C=O) groups excluding carboxylic acids is 1. The Labute approximate surface area is 166 Å². The predicted octanol–water partition coefficient (Wildman–Crippen LogP) is 2.72. The largest absolute Gasteiger partial charge is 0.496 e. The van der Waals surface area contributed by atoms with Crippen molar-refractivity contribution >= 4 is 15.9 Å². The third-order valence-electron chi connectivity index (χ3n) is 5.06.